The van der Waals surface area contributed by atoms with Crippen molar-refractivity contribution in [2.45, 2.75) is 58.7 Å². The molecule has 0 amide bonds. The van der Waals surface area contributed by atoms with E-state index in [4.69, 9.17) is 4.74 Å². The molecule has 0 saturated carbocycles. The van der Waals surface area contributed by atoms with Gasteiger partial charge in [-0.15, -0.1) is 0 Å². The van der Waals surface area contributed by atoms with Gasteiger partial charge in [0.15, 0.2) is 5.82 Å². The molecule has 1 aromatic heterocycles. The van der Waals surface area contributed by atoms with E-state index in [2.05, 4.69) is 38.0 Å². The molecule has 2 heterocycles. The summed E-state index contributed by atoms with van der Waals surface area (Å²) in [6, 6.07) is 0.244. The fourth-order valence-electron chi connectivity index (χ4n) is 2.63. The minimum atomic E-state index is -0.137. The summed E-state index contributed by atoms with van der Waals surface area (Å²) in [6.07, 6.45) is 5.23. The first-order valence-corrected chi connectivity index (χ1v) is 7.33. The Morgan fingerprint density at radius 3 is 2.95 bits per heavy atom. The SMILES string of the molecule is CC(C)Cn1ccnc(NC2CCOC(C)(C)C2)c1=O. The minimum absolute atomic E-state index is 0.0366. The highest BCUT2D eigenvalue weighted by Gasteiger charge is 2.29. The van der Waals surface area contributed by atoms with Crippen LogP contribution in [0.2, 0.25) is 0 Å². The van der Waals surface area contributed by atoms with Crippen LogP contribution in [0.3, 0.4) is 0 Å². The number of rotatable bonds is 4. The van der Waals surface area contributed by atoms with Crippen LogP contribution in [0.25, 0.3) is 0 Å². The molecule has 1 unspecified atom stereocenters. The lowest BCUT2D eigenvalue weighted by Crippen LogP contribution is -2.41. The Morgan fingerprint density at radius 2 is 2.30 bits per heavy atom. The van der Waals surface area contributed by atoms with Crippen LogP contribution in [-0.2, 0) is 11.3 Å². The van der Waals surface area contributed by atoms with Crippen molar-refractivity contribution in [2.24, 2.45) is 5.92 Å². The molecule has 112 valence electrons. The molecule has 0 bridgehead atoms. The second kappa shape index (κ2) is 5.95. The summed E-state index contributed by atoms with van der Waals surface area (Å²) in [5.41, 5.74) is -0.174. The quantitative estimate of drug-likeness (QED) is 0.918. The summed E-state index contributed by atoms with van der Waals surface area (Å²) in [5.74, 6) is 0.890. The largest absolute Gasteiger partial charge is 0.375 e. The molecule has 0 aromatic carbocycles. The van der Waals surface area contributed by atoms with E-state index >= 15 is 0 Å². The molecule has 0 spiro atoms. The summed E-state index contributed by atoms with van der Waals surface area (Å²) < 4.78 is 7.42. The Labute approximate surface area is 120 Å². The maximum Gasteiger partial charge on any atom is 0.293 e. The number of hydrogen-bond donors (Lipinski definition) is 1. The van der Waals surface area contributed by atoms with Gasteiger partial charge in [-0.2, -0.15) is 0 Å². The lowest BCUT2D eigenvalue weighted by atomic mass is 9.94. The minimum Gasteiger partial charge on any atom is -0.375 e. The van der Waals surface area contributed by atoms with E-state index in [9.17, 15) is 4.79 Å². The number of ether oxygens (including phenoxy) is 1. The Bertz CT molecular complexity index is 508. The van der Waals surface area contributed by atoms with Crippen LogP contribution in [0.5, 0.6) is 0 Å². The third-order valence-electron chi connectivity index (χ3n) is 3.51. The average Bonchev–Trinajstić information content (AvgIpc) is 2.32. The van der Waals surface area contributed by atoms with Crippen molar-refractivity contribution in [3.8, 4) is 0 Å². The standard InChI is InChI=1S/C15H25N3O2/c1-11(2)10-18-7-6-16-13(14(18)19)17-12-5-8-20-15(3,4)9-12/h6-7,11-12H,5,8-10H2,1-4H3,(H,16,17). The highest BCUT2D eigenvalue weighted by Crippen LogP contribution is 2.25. The molecule has 0 radical (unpaired) electrons. The van der Waals surface area contributed by atoms with E-state index in [-0.39, 0.29) is 17.2 Å². The summed E-state index contributed by atoms with van der Waals surface area (Å²) in [6.45, 7) is 9.79. The molecule has 0 aliphatic carbocycles. The fourth-order valence-corrected chi connectivity index (χ4v) is 2.63. The van der Waals surface area contributed by atoms with Gasteiger partial charge in [0.2, 0.25) is 0 Å². The second-order valence-electron chi connectivity index (χ2n) is 6.57. The summed E-state index contributed by atoms with van der Waals surface area (Å²) in [5, 5.41) is 3.29. The molecule has 1 saturated heterocycles. The van der Waals surface area contributed by atoms with Crippen molar-refractivity contribution in [2.75, 3.05) is 11.9 Å². The molecule has 1 atom stereocenters. The number of nitrogens with one attached hydrogen (secondary N) is 1. The van der Waals surface area contributed by atoms with Gasteiger partial charge >= 0.3 is 0 Å². The monoisotopic (exact) mass is 279 g/mol. The van der Waals surface area contributed by atoms with Gasteiger partial charge in [0, 0.05) is 31.6 Å². The van der Waals surface area contributed by atoms with Crippen molar-refractivity contribution in [1.82, 2.24) is 9.55 Å². The van der Waals surface area contributed by atoms with Crippen LogP contribution in [0.1, 0.15) is 40.5 Å². The molecule has 1 aliphatic heterocycles. The molecule has 5 heteroatoms. The highest BCUT2D eigenvalue weighted by atomic mass is 16.5. The van der Waals surface area contributed by atoms with Gasteiger partial charge in [0.05, 0.1) is 5.60 Å². The Morgan fingerprint density at radius 1 is 1.55 bits per heavy atom. The van der Waals surface area contributed by atoms with Crippen molar-refractivity contribution < 1.29 is 4.74 Å². The van der Waals surface area contributed by atoms with E-state index in [0.29, 0.717) is 11.7 Å². The number of hydrogen-bond acceptors (Lipinski definition) is 4. The van der Waals surface area contributed by atoms with Crippen LogP contribution in [0, 0.1) is 5.92 Å². The normalized spacial score (nSPS) is 21.9. The molecule has 1 fully saturated rings. The number of nitrogens with zero attached hydrogens (tertiary/aromatic N) is 2. The maximum absolute atomic E-state index is 12.3. The first-order valence-electron chi connectivity index (χ1n) is 7.33. The van der Waals surface area contributed by atoms with Crippen LogP contribution in [0.15, 0.2) is 17.2 Å². The van der Waals surface area contributed by atoms with Gasteiger partial charge in [-0.05, 0) is 32.6 Å². The van der Waals surface area contributed by atoms with E-state index in [0.717, 1.165) is 26.0 Å². The van der Waals surface area contributed by atoms with Crippen molar-refractivity contribution in [1.29, 1.82) is 0 Å². The van der Waals surface area contributed by atoms with Crippen molar-refractivity contribution in [3.63, 3.8) is 0 Å². The van der Waals surface area contributed by atoms with Gasteiger partial charge < -0.3 is 14.6 Å². The zero-order valence-corrected chi connectivity index (χ0v) is 12.8. The number of aromatic nitrogens is 2. The van der Waals surface area contributed by atoms with Gasteiger partial charge in [-0.25, -0.2) is 4.98 Å². The molecular formula is C15H25N3O2. The molecule has 1 aromatic rings. The Balaban J connectivity index is 2.11. The first-order chi connectivity index (χ1) is 9.37. The molecule has 5 nitrogen and oxygen atoms in total. The summed E-state index contributed by atoms with van der Waals surface area (Å²) in [4.78, 5) is 16.5. The van der Waals surface area contributed by atoms with E-state index in [1.54, 1.807) is 17.0 Å². The van der Waals surface area contributed by atoms with Gasteiger partial charge in [-0.3, -0.25) is 4.79 Å². The number of anilines is 1. The molecule has 2 rings (SSSR count). The van der Waals surface area contributed by atoms with Gasteiger partial charge in [0.1, 0.15) is 0 Å². The lowest BCUT2D eigenvalue weighted by Gasteiger charge is -2.35. The zero-order chi connectivity index (χ0) is 14.8. The third-order valence-corrected chi connectivity index (χ3v) is 3.51. The molecule has 1 N–H and O–H groups in total. The zero-order valence-electron chi connectivity index (χ0n) is 12.8. The second-order valence-corrected chi connectivity index (χ2v) is 6.57. The average molecular weight is 279 g/mol. The third kappa shape index (κ3) is 3.82. The highest BCUT2D eigenvalue weighted by molar-refractivity contribution is 5.32. The van der Waals surface area contributed by atoms with E-state index in [1.807, 2.05) is 0 Å². The predicted molar refractivity (Wildman–Crippen MR) is 80.0 cm³/mol. The van der Waals surface area contributed by atoms with Crippen LogP contribution < -0.4 is 10.9 Å². The van der Waals surface area contributed by atoms with Gasteiger partial charge in [-0.1, -0.05) is 13.8 Å². The van der Waals surface area contributed by atoms with Crippen molar-refractivity contribution in [3.05, 3.63) is 22.7 Å². The molecular weight excluding hydrogens is 254 g/mol. The van der Waals surface area contributed by atoms with Crippen molar-refractivity contribution >= 4 is 5.82 Å². The predicted octanol–water partition coefficient (Wildman–Crippen LogP) is 2.27. The summed E-state index contributed by atoms with van der Waals surface area (Å²) in [7, 11) is 0. The maximum atomic E-state index is 12.3. The Kier molecular flexibility index (Phi) is 4.48. The molecule has 20 heavy (non-hydrogen) atoms. The fraction of sp³-hybridized carbons (Fsp3) is 0.733. The molecule has 1 aliphatic rings. The topological polar surface area (TPSA) is 56.1 Å². The smallest absolute Gasteiger partial charge is 0.293 e. The lowest BCUT2D eigenvalue weighted by molar-refractivity contribution is -0.0553. The summed E-state index contributed by atoms with van der Waals surface area (Å²) >= 11 is 0. The van der Waals surface area contributed by atoms with E-state index < -0.39 is 0 Å². The van der Waals surface area contributed by atoms with Crippen LogP contribution in [0.4, 0.5) is 5.82 Å². The van der Waals surface area contributed by atoms with E-state index in [1.165, 1.54) is 0 Å². The Hall–Kier alpha value is -1.36. The van der Waals surface area contributed by atoms with Crippen LogP contribution >= 0.6 is 0 Å². The van der Waals surface area contributed by atoms with Crippen LogP contribution in [-0.4, -0.2) is 27.8 Å². The van der Waals surface area contributed by atoms with Gasteiger partial charge in [0.25, 0.3) is 5.56 Å². The first kappa shape index (κ1) is 15.0.